The second-order valence-electron chi connectivity index (χ2n) is 5.04. The van der Waals surface area contributed by atoms with E-state index in [2.05, 4.69) is 37.9 Å². The molecule has 1 aliphatic rings. The van der Waals surface area contributed by atoms with Gasteiger partial charge in [-0.1, -0.05) is 6.08 Å². The van der Waals surface area contributed by atoms with E-state index < -0.39 is 0 Å². The third-order valence-corrected chi connectivity index (χ3v) is 3.35. The lowest BCUT2D eigenvalue weighted by molar-refractivity contribution is 0.254. The van der Waals surface area contributed by atoms with E-state index in [4.69, 9.17) is 9.47 Å². The molecule has 104 valence electrons. The van der Waals surface area contributed by atoms with Gasteiger partial charge < -0.3 is 14.8 Å². The molecule has 1 aromatic carbocycles. The minimum absolute atomic E-state index is 0.264. The highest BCUT2D eigenvalue weighted by atomic mass is 16.5. The van der Waals surface area contributed by atoms with Crippen LogP contribution in [0.5, 0.6) is 11.5 Å². The van der Waals surface area contributed by atoms with Crippen molar-refractivity contribution in [3.8, 4) is 11.5 Å². The Balaban J connectivity index is 2.20. The average molecular weight is 261 g/mol. The Labute approximate surface area is 115 Å². The van der Waals surface area contributed by atoms with Crippen LogP contribution in [-0.2, 0) is 13.0 Å². The first-order valence-corrected chi connectivity index (χ1v) is 6.95. The van der Waals surface area contributed by atoms with Gasteiger partial charge in [0.05, 0.1) is 6.61 Å². The van der Waals surface area contributed by atoms with E-state index >= 15 is 0 Å². The van der Waals surface area contributed by atoms with Crippen molar-refractivity contribution in [2.24, 2.45) is 0 Å². The van der Waals surface area contributed by atoms with Crippen LogP contribution < -0.4 is 14.8 Å². The van der Waals surface area contributed by atoms with Crippen molar-refractivity contribution in [1.29, 1.82) is 0 Å². The summed E-state index contributed by atoms with van der Waals surface area (Å²) in [6.07, 6.45) is 3.12. The average Bonchev–Trinajstić information content (AvgIpc) is 2.75. The van der Waals surface area contributed by atoms with Crippen LogP contribution >= 0.6 is 0 Å². The lowest BCUT2D eigenvalue weighted by Gasteiger charge is -2.15. The molecule has 0 fully saturated rings. The molecular formula is C16H23NO2. The molecule has 1 heterocycles. The molecule has 2 rings (SSSR count). The lowest BCUT2D eigenvalue weighted by atomic mass is 10.1. The van der Waals surface area contributed by atoms with Crippen molar-refractivity contribution in [3.63, 3.8) is 0 Å². The molecule has 0 aromatic heterocycles. The Morgan fingerprint density at radius 2 is 2.37 bits per heavy atom. The molecule has 0 spiro atoms. The molecule has 0 radical (unpaired) electrons. The second kappa shape index (κ2) is 6.11. The van der Waals surface area contributed by atoms with Crippen LogP contribution in [0.1, 0.15) is 31.9 Å². The molecule has 2 unspecified atom stereocenters. The molecule has 0 amide bonds. The fraction of sp³-hybridized carbons (Fsp3) is 0.500. The maximum Gasteiger partial charge on any atom is 0.124 e. The topological polar surface area (TPSA) is 30.5 Å². The number of ether oxygens (including phenoxy) is 2. The van der Waals surface area contributed by atoms with Crippen LogP contribution in [0.3, 0.4) is 0 Å². The number of hydrogen-bond acceptors (Lipinski definition) is 3. The first kappa shape index (κ1) is 13.9. The van der Waals surface area contributed by atoms with Gasteiger partial charge in [0.15, 0.2) is 0 Å². The first-order chi connectivity index (χ1) is 9.13. The van der Waals surface area contributed by atoms with Crippen LogP contribution in [0, 0.1) is 0 Å². The zero-order chi connectivity index (χ0) is 13.8. The zero-order valence-electron chi connectivity index (χ0n) is 12.0. The van der Waals surface area contributed by atoms with Crippen LogP contribution in [-0.4, -0.2) is 18.8 Å². The minimum Gasteiger partial charge on any atom is -0.494 e. The van der Waals surface area contributed by atoms with Gasteiger partial charge in [-0.15, -0.1) is 6.58 Å². The van der Waals surface area contributed by atoms with E-state index in [1.54, 1.807) is 0 Å². The van der Waals surface area contributed by atoms with Gasteiger partial charge in [0, 0.05) is 30.1 Å². The molecule has 1 aromatic rings. The van der Waals surface area contributed by atoms with E-state index in [-0.39, 0.29) is 12.1 Å². The summed E-state index contributed by atoms with van der Waals surface area (Å²) >= 11 is 0. The Hall–Kier alpha value is -1.48. The van der Waals surface area contributed by atoms with Crippen molar-refractivity contribution in [2.45, 2.75) is 45.9 Å². The predicted molar refractivity (Wildman–Crippen MR) is 77.9 cm³/mol. The lowest BCUT2D eigenvalue weighted by Crippen LogP contribution is -2.23. The maximum atomic E-state index is 5.81. The molecule has 19 heavy (non-hydrogen) atoms. The summed E-state index contributed by atoms with van der Waals surface area (Å²) in [5.74, 6) is 1.96. The van der Waals surface area contributed by atoms with Gasteiger partial charge in [-0.05, 0) is 32.9 Å². The van der Waals surface area contributed by atoms with E-state index in [9.17, 15) is 0 Å². The summed E-state index contributed by atoms with van der Waals surface area (Å²) in [6.45, 7) is 11.4. The van der Waals surface area contributed by atoms with Gasteiger partial charge in [-0.2, -0.15) is 0 Å². The third kappa shape index (κ3) is 3.29. The summed E-state index contributed by atoms with van der Waals surface area (Å²) in [4.78, 5) is 0. The van der Waals surface area contributed by atoms with Crippen molar-refractivity contribution in [3.05, 3.63) is 35.9 Å². The van der Waals surface area contributed by atoms with E-state index in [0.29, 0.717) is 6.61 Å². The molecule has 0 saturated carbocycles. The zero-order valence-corrected chi connectivity index (χ0v) is 12.0. The van der Waals surface area contributed by atoms with Crippen molar-refractivity contribution in [2.75, 3.05) is 6.61 Å². The van der Waals surface area contributed by atoms with Crippen LogP contribution in [0.25, 0.3) is 0 Å². The SMILES string of the molecule is C=CC(C)NCc1cc2c(cc1OCC)CC(C)O2. The molecule has 3 nitrogen and oxygen atoms in total. The smallest absolute Gasteiger partial charge is 0.124 e. The first-order valence-electron chi connectivity index (χ1n) is 6.95. The van der Waals surface area contributed by atoms with Gasteiger partial charge in [-0.3, -0.25) is 0 Å². The van der Waals surface area contributed by atoms with Crippen LogP contribution in [0.15, 0.2) is 24.8 Å². The largest absolute Gasteiger partial charge is 0.494 e. The van der Waals surface area contributed by atoms with E-state index in [0.717, 1.165) is 30.0 Å². The molecule has 0 aliphatic carbocycles. The van der Waals surface area contributed by atoms with E-state index in [1.165, 1.54) is 5.56 Å². The second-order valence-corrected chi connectivity index (χ2v) is 5.04. The monoisotopic (exact) mass is 261 g/mol. The Morgan fingerprint density at radius 1 is 1.58 bits per heavy atom. The Morgan fingerprint density at radius 3 is 3.05 bits per heavy atom. The molecule has 1 aliphatic heterocycles. The standard InChI is InChI=1S/C16H23NO2/c1-5-11(3)17-10-14-9-16-13(7-12(4)19-16)8-15(14)18-6-2/h5,8-9,11-12,17H,1,6-7,10H2,2-4H3. The number of hydrogen-bond donors (Lipinski definition) is 1. The van der Waals surface area contributed by atoms with Crippen molar-refractivity contribution < 1.29 is 9.47 Å². The summed E-state index contributed by atoms with van der Waals surface area (Å²) in [5, 5.41) is 3.40. The Kier molecular flexibility index (Phi) is 4.48. The third-order valence-electron chi connectivity index (χ3n) is 3.35. The normalized spacial score (nSPS) is 18.6. The van der Waals surface area contributed by atoms with Gasteiger partial charge >= 0.3 is 0 Å². The fourth-order valence-electron chi connectivity index (χ4n) is 2.26. The van der Waals surface area contributed by atoms with Gasteiger partial charge in [0.2, 0.25) is 0 Å². The maximum absolute atomic E-state index is 5.81. The van der Waals surface area contributed by atoms with Gasteiger partial charge in [0.1, 0.15) is 17.6 Å². The molecule has 2 atom stereocenters. The molecular weight excluding hydrogens is 238 g/mol. The number of nitrogens with one attached hydrogen (secondary N) is 1. The molecule has 3 heteroatoms. The summed E-state index contributed by atoms with van der Waals surface area (Å²) in [7, 11) is 0. The highest BCUT2D eigenvalue weighted by molar-refractivity contribution is 5.48. The quantitative estimate of drug-likeness (QED) is 0.798. The molecule has 0 bridgehead atoms. The Bertz CT molecular complexity index is 456. The number of fused-ring (bicyclic) bond motifs is 1. The van der Waals surface area contributed by atoms with Crippen molar-refractivity contribution in [1.82, 2.24) is 5.32 Å². The number of benzene rings is 1. The molecule has 1 N–H and O–H groups in total. The fourth-order valence-corrected chi connectivity index (χ4v) is 2.26. The summed E-state index contributed by atoms with van der Waals surface area (Å²) in [5.41, 5.74) is 2.39. The highest BCUT2D eigenvalue weighted by Crippen LogP contribution is 2.35. The summed E-state index contributed by atoms with van der Waals surface area (Å²) < 4.78 is 11.6. The highest BCUT2D eigenvalue weighted by Gasteiger charge is 2.21. The number of rotatable bonds is 6. The minimum atomic E-state index is 0.264. The van der Waals surface area contributed by atoms with Crippen LogP contribution in [0.2, 0.25) is 0 Å². The predicted octanol–water partition coefficient (Wildman–Crippen LogP) is 3.07. The van der Waals surface area contributed by atoms with Crippen LogP contribution in [0.4, 0.5) is 0 Å². The summed E-state index contributed by atoms with van der Waals surface area (Å²) in [6, 6.07) is 4.51. The van der Waals surface area contributed by atoms with Gasteiger partial charge in [0.25, 0.3) is 0 Å². The van der Waals surface area contributed by atoms with Crippen molar-refractivity contribution >= 4 is 0 Å². The van der Waals surface area contributed by atoms with E-state index in [1.807, 2.05) is 13.0 Å². The van der Waals surface area contributed by atoms with Gasteiger partial charge in [-0.25, -0.2) is 0 Å². The molecule has 0 saturated heterocycles.